The van der Waals surface area contributed by atoms with Crippen molar-refractivity contribution >= 4 is 5.91 Å². The van der Waals surface area contributed by atoms with E-state index in [0.29, 0.717) is 13.0 Å². The van der Waals surface area contributed by atoms with Gasteiger partial charge in [0.25, 0.3) is 0 Å². The molecule has 4 N–H and O–H groups in total. The second-order valence-corrected chi connectivity index (χ2v) is 4.15. The number of rotatable bonds is 5. The second kappa shape index (κ2) is 4.99. The van der Waals surface area contributed by atoms with E-state index in [0.717, 1.165) is 11.3 Å². The number of nitrogens with two attached hydrogens (primary N) is 2. The van der Waals surface area contributed by atoms with Gasteiger partial charge in [0.1, 0.15) is 5.75 Å². The van der Waals surface area contributed by atoms with Gasteiger partial charge in [-0.2, -0.15) is 0 Å². The fraction of sp³-hybridized carbons (Fsp3) is 0.417. The predicted octanol–water partition coefficient (Wildman–Crippen LogP) is 0.967. The van der Waals surface area contributed by atoms with Crippen LogP contribution in [-0.4, -0.2) is 18.1 Å². The van der Waals surface area contributed by atoms with Gasteiger partial charge in [-0.15, -0.1) is 0 Å². The lowest BCUT2D eigenvalue weighted by Gasteiger charge is -2.20. The van der Waals surface area contributed by atoms with Crippen LogP contribution < -0.4 is 16.2 Å². The van der Waals surface area contributed by atoms with Crippen LogP contribution in [-0.2, 0) is 4.79 Å². The van der Waals surface area contributed by atoms with Crippen LogP contribution in [0.3, 0.4) is 0 Å². The highest BCUT2D eigenvalue weighted by atomic mass is 16.5. The average molecular weight is 222 g/mol. The molecule has 1 atom stereocenters. The Morgan fingerprint density at radius 3 is 2.62 bits per heavy atom. The van der Waals surface area contributed by atoms with Gasteiger partial charge in [-0.25, -0.2) is 0 Å². The number of hydrogen-bond donors (Lipinski definition) is 2. The first-order valence-electron chi connectivity index (χ1n) is 5.21. The summed E-state index contributed by atoms with van der Waals surface area (Å²) in [4.78, 5) is 11.0. The number of carbonyl (C=O) groups excluding carboxylic acids is 1. The van der Waals surface area contributed by atoms with Gasteiger partial charge in [-0.3, -0.25) is 4.79 Å². The van der Waals surface area contributed by atoms with Crippen LogP contribution >= 0.6 is 0 Å². The van der Waals surface area contributed by atoms with Crippen molar-refractivity contribution in [3.63, 3.8) is 0 Å². The van der Waals surface area contributed by atoms with E-state index in [1.54, 1.807) is 6.92 Å². The second-order valence-electron chi connectivity index (χ2n) is 4.15. The zero-order chi connectivity index (χ0) is 12.2. The fourth-order valence-electron chi connectivity index (χ4n) is 1.21. The molecule has 0 saturated heterocycles. The van der Waals surface area contributed by atoms with E-state index in [-0.39, 0.29) is 0 Å². The molecule has 4 heteroatoms. The zero-order valence-electron chi connectivity index (χ0n) is 9.69. The molecule has 0 heterocycles. The van der Waals surface area contributed by atoms with Gasteiger partial charge in [-0.05, 0) is 25.5 Å². The third-order valence-corrected chi connectivity index (χ3v) is 2.54. The van der Waals surface area contributed by atoms with Crippen molar-refractivity contribution in [1.82, 2.24) is 0 Å². The highest BCUT2D eigenvalue weighted by Crippen LogP contribution is 2.17. The lowest BCUT2D eigenvalue weighted by atomic mass is 9.99. The summed E-state index contributed by atoms with van der Waals surface area (Å²) in [5, 5.41) is 0. The standard InChI is InChI=1S/C12H18N2O2/c1-9-5-3-4-6-10(9)16-8-7-12(2,14)11(13)15/h3-6H,7-8,14H2,1-2H3,(H2,13,15). The summed E-state index contributed by atoms with van der Waals surface area (Å²) >= 11 is 0. The minimum Gasteiger partial charge on any atom is -0.493 e. The maximum atomic E-state index is 11.0. The minimum absolute atomic E-state index is 0.376. The summed E-state index contributed by atoms with van der Waals surface area (Å²) in [5.74, 6) is 0.295. The Morgan fingerprint density at radius 1 is 1.44 bits per heavy atom. The summed E-state index contributed by atoms with van der Waals surface area (Å²) in [7, 11) is 0. The number of primary amides is 1. The van der Waals surface area contributed by atoms with E-state index in [9.17, 15) is 4.79 Å². The van der Waals surface area contributed by atoms with Crippen LogP contribution in [0.25, 0.3) is 0 Å². The van der Waals surface area contributed by atoms with Gasteiger partial charge in [0, 0.05) is 6.42 Å². The molecule has 0 fully saturated rings. The number of ether oxygens (including phenoxy) is 1. The van der Waals surface area contributed by atoms with E-state index < -0.39 is 11.4 Å². The highest BCUT2D eigenvalue weighted by molar-refractivity contribution is 5.83. The molecule has 1 rings (SSSR count). The normalized spacial score (nSPS) is 14.2. The Labute approximate surface area is 95.6 Å². The Bertz CT molecular complexity index is 375. The maximum absolute atomic E-state index is 11.0. The van der Waals surface area contributed by atoms with Crippen molar-refractivity contribution in [2.45, 2.75) is 25.8 Å². The molecule has 1 aromatic rings. The number of aryl methyl sites for hydroxylation is 1. The molecular formula is C12H18N2O2. The number of carbonyl (C=O) groups is 1. The molecule has 1 amide bonds. The fourth-order valence-corrected chi connectivity index (χ4v) is 1.21. The molecule has 0 aliphatic rings. The lowest BCUT2D eigenvalue weighted by molar-refractivity contribution is -0.123. The van der Waals surface area contributed by atoms with Gasteiger partial charge >= 0.3 is 0 Å². The zero-order valence-corrected chi connectivity index (χ0v) is 9.69. The largest absolute Gasteiger partial charge is 0.493 e. The lowest BCUT2D eigenvalue weighted by Crippen LogP contribution is -2.50. The van der Waals surface area contributed by atoms with E-state index in [1.165, 1.54) is 0 Å². The Hall–Kier alpha value is -1.55. The van der Waals surface area contributed by atoms with Crippen molar-refractivity contribution in [3.05, 3.63) is 29.8 Å². The third kappa shape index (κ3) is 3.24. The summed E-state index contributed by atoms with van der Waals surface area (Å²) in [5.41, 5.74) is 10.9. The van der Waals surface area contributed by atoms with Gasteiger partial charge in [-0.1, -0.05) is 18.2 Å². The van der Waals surface area contributed by atoms with E-state index >= 15 is 0 Å². The van der Waals surface area contributed by atoms with Crippen molar-refractivity contribution in [3.8, 4) is 5.75 Å². The summed E-state index contributed by atoms with van der Waals surface area (Å²) in [6, 6.07) is 7.69. The monoisotopic (exact) mass is 222 g/mol. The Balaban J connectivity index is 2.48. The summed E-state index contributed by atoms with van der Waals surface area (Å²) in [6.07, 6.45) is 0.399. The van der Waals surface area contributed by atoms with Gasteiger partial charge in [0.15, 0.2) is 0 Å². The molecule has 4 nitrogen and oxygen atoms in total. The SMILES string of the molecule is Cc1ccccc1OCCC(C)(N)C(N)=O. The quantitative estimate of drug-likeness (QED) is 0.779. The van der Waals surface area contributed by atoms with E-state index in [4.69, 9.17) is 16.2 Å². The number of benzene rings is 1. The van der Waals surface area contributed by atoms with Gasteiger partial charge in [0.05, 0.1) is 12.1 Å². The molecule has 0 radical (unpaired) electrons. The number of para-hydroxylation sites is 1. The number of amides is 1. The third-order valence-electron chi connectivity index (χ3n) is 2.54. The smallest absolute Gasteiger partial charge is 0.237 e. The molecule has 0 aliphatic heterocycles. The van der Waals surface area contributed by atoms with Crippen molar-refractivity contribution in [2.75, 3.05) is 6.61 Å². The first kappa shape index (κ1) is 12.5. The van der Waals surface area contributed by atoms with Crippen LogP contribution in [0.1, 0.15) is 18.9 Å². The van der Waals surface area contributed by atoms with Crippen LogP contribution in [0.2, 0.25) is 0 Å². The Kier molecular flexibility index (Phi) is 3.90. The van der Waals surface area contributed by atoms with Crippen LogP contribution in [0.15, 0.2) is 24.3 Å². The van der Waals surface area contributed by atoms with Crippen molar-refractivity contribution in [2.24, 2.45) is 11.5 Å². The molecular weight excluding hydrogens is 204 g/mol. The topological polar surface area (TPSA) is 78.3 Å². The summed E-state index contributed by atoms with van der Waals surface area (Å²) in [6.45, 7) is 3.95. The molecule has 88 valence electrons. The van der Waals surface area contributed by atoms with E-state index in [2.05, 4.69) is 0 Å². The molecule has 1 unspecified atom stereocenters. The molecule has 1 aromatic carbocycles. The maximum Gasteiger partial charge on any atom is 0.237 e. The first-order chi connectivity index (χ1) is 7.43. The molecule has 0 aromatic heterocycles. The van der Waals surface area contributed by atoms with E-state index in [1.807, 2.05) is 31.2 Å². The first-order valence-corrected chi connectivity index (χ1v) is 5.21. The molecule has 16 heavy (non-hydrogen) atoms. The predicted molar refractivity (Wildman–Crippen MR) is 63.1 cm³/mol. The van der Waals surface area contributed by atoms with Gasteiger partial charge < -0.3 is 16.2 Å². The molecule has 0 saturated carbocycles. The highest BCUT2D eigenvalue weighted by Gasteiger charge is 2.25. The number of hydrogen-bond acceptors (Lipinski definition) is 3. The average Bonchev–Trinajstić information content (AvgIpc) is 2.20. The molecule has 0 spiro atoms. The molecule has 0 aliphatic carbocycles. The van der Waals surface area contributed by atoms with Crippen LogP contribution in [0, 0.1) is 6.92 Å². The minimum atomic E-state index is -1.01. The van der Waals surface area contributed by atoms with Crippen LogP contribution in [0.5, 0.6) is 5.75 Å². The Morgan fingerprint density at radius 2 is 2.06 bits per heavy atom. The van der Waals surface area contributed by atoms with Crippen LogP contribution in [0.4, 0.5) is 0 Å². The van der Waals surface area contributed by atoms with Gasteiger partial charge in [0.2, 0.25) is 5.91 Å². The van der Waals surface area contributed by atoms with Crippen molar-refractivity contribution in [1.29, 1.82) is 0 Å². The van der Waals surface area contributed by atoms with Crippen molar-refractivity contribution < 1.29 is 9.53 Å². The molecule has 0 bridgehead atoms. The summed E-state index contributed by atoms with van der Waals surface area (Å²) < 4.78 is 5.54.